The minimum Gasteiger partial charge on any atom is -0.424 e. The molecule has 0 aliphatic carbocycles. The molecule has 0 spiro atoms. The first-order valence-corrected chi connectivity index (χ1v) is 5.44. The van der Waals surface area contributed by atoms with E-state index in [1.54, 1.807) is 0 Å². The molecular formula is C11H9F8NO. The predicted molar refractivity (Wildman–Crippen MR) is 55.6 cm³/mol. The van der Waals surface area contributed by atoms with E-state index in [2.05, 4.69) is 4.74 Å². The molecule has 0 aliphatic rings. The van der Waals surface area contributed by atoms with Gasteiger partial charge >= 0.3 is 12.3 Å². The van der Waals surface area contributed by atoms with Crippen molar-refractivity contribution in [2.24, 2.45) is 5.73 Å². The molecule has 0 aromatic heterocycles. The van der Waals surface area contributed by atoms with Gasteiger partial charge in [-0.3, -0.25) is 0 Å². The summed E-state index contributed by atoms with van der Waals surface area (Å²) in [5, 5.41) is 0. The fourth-order valence-corrected chi connectivity index (χ4v) is 1.40. The molecule has 120 valence electrons. The highest BCUT2D eigenvalue weighted by atomic mass is 19.4. The van der Waals surface area contributed by atoms with Gasteiger partial charge in [-0.15, -0.1) is 0 Å². The second-order valence-corrected chi connectivity index (χ2v) is 4.00. The Bertz CT molecular complexity index is 478. The Morgan fingerprint density at radius 3 is 1.90 bits per heavy atom. The van der Waals surface area contributed by atoms with Crippen LogP contribution in [0.1, 0.15) is 5.56 Å². The highest BCUT2D eigenvalue weighted by molar-refractivity contribution is 5.32. The largest absolute Gasteiger partial charge is 0.439 e. The summed E-state index contributed by atoms with van der Waals surface area (Å²) < 4.78 is 104. The van der Waals surface area contributed by atoms with Gasteiger partial charge in [0.25, 0.3) is 6.17 Å². The number of benzene rings is 1. The Hall–Kier alpha value is -1.58. The van der Waals surface area contributed by atoms with Crippen molar-refractivity contribution in [3.63, 3.8) is 0 Å². The quantitative estimate of drug-likeness (QED) is 0.844. The first-order chi connectivity index (χ1) is 9.49. The molecular weight excluding hydrogens is 314 g/mol. The summed E-state index contributed by atoms with van der Waals surface area (Å²) in [4.78, 5) is 0. The molecule has 0 heterocycles. The molecule has 1 aromatic carbocycles. The molecule has 0 amide bonds. The molecule has 0 saturated heterocycles. The lowest BCUT2D eigenvalue weighted by Gasteiger charge is -2.23. The lowest BCUT2D eigenvalue weighted by Crippen LogP contribution is -2.46. The summed E-state index contributed by atoms with van der Waals surface area (Å²) in [6.45, 7) is -0.00410. The molecule has 0 fully saturated rings. The zero-order valence-electron chi connectivity index (χ0n) is 10.2. The molecule has 21 heavy (non-hydrogen) atoms. The maximum atomic E-state index is 13.4. The number of nitrogens with two attached hydrogens (primary N) is 1. The van der Waals surface area contributed by atoms with Crippen molar-refractivity contribution in [2.75, 3.05) is 6.54 Å². The van der Waals surface area contributed by atoms with E-state index < -0.39 is 35.8 Å². The highest BCUT2D eigenvalue weighted by Crippen LogP contribution is 2.38. The van der Waals surface area contributed by atoms with E-state index in [0.717, 1.165) is 0 Å². The van der Waals surface area contributed by atoms with Crippen molar-refractivity contribution in [1.29, 1.82) is 0 Å². The fraction of sp³-hybridized carbons (Fsp3) is 0.455. The maximum absolute atomic E-state index is 13.4. The van der Waals surface area contributed by atoms with Crippen LogP contribution in [0.25, 0.3) is 0 Å². The predicted octanol–water partition coefficient (Wildman–Crippen LogP) is 3.34. The van der Waals surface area contributed by atoms with E-state index in [1.807, 2.05) is 0 Å². The summed E-state index contributed by atoms with van der Waals surface area (Å²) in [6, 6.07) is 1.12. The van der Waals surface area contributed by atoms with Crippen LogP contribution < -0.4 is 10.5 Å². The monoisotopic (exact) mass is 323 g/mol. The SMILES string of the molecule is NCCc1cc(F)c(OC(F)(F)C(F)C(F)(F)F)c(F)c1. The third-order valence-electron chi connectivity index (χ3n) is 2.31. The first-order valence-electron chi connectivity index (χ1n) is 5.44. The molecule has 0 saturated carbocycles. The van der Waals surface area contributed by atoms with Gasteiger partial charge in [-0.05, 0) is 30.7 Å². The van der Waals surface area contributed by atoms with Crippen LogP contribution in [0.15, 0.2) is 12.1 Å². The van der Waals surface area contributed by atoms with Gasteiger partial charge in [-0.2, -0.15) is 22.0 Å². The minimum absolute atomic E-state index is 0.00119. The zero-order chi connectivity index (χ0) is 16.4. The second kappa shape index (κ2) is 6.04. The molecule has 1 aromatic rings. The topological polar surface area (TPSA) is 35.2 Å². The van der Waals surface area contributed by atoms with E-state index in [0.29, 0.717) is 12.1 Å². The Kier molecular flexibility index (Phi) is 5.03. The van der Waals surface area contributed by atoms with Crippen LogP contribution >= 0.6 is 0 Å². The Morgan fingerprint density at radius 2 is 1.52 bits per heavy atom. The molecule has 10 heteroatoms. The van der Waals surface area contributed by atoms with E-state index in [9.17, 15) is 35.1 Å². The van der Waals surface area contributed by atoms with Crippen LogP contribution in [0.4, 0.5) is 35.1 Å². The molecule has 0 radical (unpaired) electrons. The summed E-state index contributed by atoms with van der Waals surface area (Å²) in [5.41, 5.74) is 5.10. The number of ether oxygens (including phenoxy) is 1. The van der Waals surface area contributed by atoms with E-state index in [4.69, 9.17) is 5.73 Å². The first kappa shape index (κ1) is 17.5. The van der Waals surface area contributed by atoms with Crippen LogP contribution in [0, 0.1) is 11.6 Å². The van der Waals surface area contributed by atoms with Crippen molar-refractivity contribution in [1.82, 2.24) is 0 Å². The van der Waals surface area contributed by atoms with Gasteiger partial charge in [0.05, 0.1) is 0 Å². The molecule has 2 N–H and O–H groups in total. The third kappa shape index (κ3) is 4.19. The Labute approximate surface area is 113 Å². The molecule has 2 nitrogen and oxygen atoms in total. The van der Waals surface area contributed by atoms with Crippen molar-refractivity contribution in [2.45, 2.75) is 24.9 Å². The van der Waals surface area contributed by atoms with Crippen molar-refractivity contribution >= 4 is 0 Å². The van der Waals surface area contributed by atoms with Gasteiger partial charge in [0, 0.05) is 0 Å². The zero-order valence-corrected chi connectivity index (χ0v) is 10.2. The summed E-state index contributed by atoms with van der Waals surface area (Å²) in [7, 11) is 0. The van der Waals surface area contributed by atoms with Crippen LogP contribution in [0.3, 0.4) is 0 Å². The summed E-state index contributed by atoms with van der Waals surface area (Å²) in [6.07, 6.45) is -16.2. The van der Waals surface area contributed by atoms with E-state index in [1.165, 1.54) is 0 Å². The molecule has 0 bridgehead atoms. The van der Waals surface area contributed by atoms with Gasteiger partial charge in [-0.25, -0.2) is 13.2 Å². The maximum Gasteiger partial charge on any atom is 0.439 e. The third-order valence-corrected chi connectivity index (χ3v) is 2.31. The number of hydrogen-bond donors (Lipinski definition) is 1. The average molecular weight is 323 g/mol. The highest BCUT2D eigenvalue weighted by Gasteiger charge is 2.59. The smallest absolute Gasteiger partial charge is 0.424 e. The summed E-state index contributed by atoms with van der Waals surface area (Å²) in [5.74, 6) is -5.17. The molecule has 1 rings (SSSR count). The minimum atomic E-state index is -5.95. The van der Waals surface area contributed by atoms with Crippen molar-refractivity contribution < 1.29 is 39.9 Å². The lowest BCUT2D eigenvalue weighted by molar-refractivity contribution is -0.306. The summed E-state index contributed by atoms with van der Waals surface area (Å²) >= 11 is 0. The number of rotatable bonds is 5. The number of halogens is 8. The van der Waals surface area contributed by atoms with E-state index in [-0.39, 0.29) is 18.5 Å². The van der Waals surface area contributed by atoms with Crippen LogP contribution in [-0.2, 0) is 6.42 Å². The van der Waals surface area contributed by atoms with Gasteiger partial charge < -0.3 is 10.5 Å². The molecule has 1 unspecified atom stereocenters. The van der Waals surface area contributed by atoms with Crippen LogP contribution in [-0.4, -0.2) is 25.0 Å². The van der Waals surface area contributed by atoms with E-state index >= 15 is 0 Å². The van der Waals surface area contributed by atoms with Crippen molar-refractivity contribution in [3.8, 4) is 5.75 Å². The van der Waals surface area contributed by atoms with Gasteiger partial charge in [0.1, 0.15) is 0 Å². The van der Waals surface area contributed by atoms with Gasteiger partial charge in [-0.1, -0.05) is 0 Å². The normalized spacial score (nSPS) is 14.1. The van der Waals surface area contributed by atoms with Gasteiger partial charge in [0.2, 0.25) is 0 Å². The van der Waals surface area contributed by atoms with Crippen molar-refractivity contribution in [3.05, 3.63) is 29.3 Å². The Balaban J connectivity index is 3.07. The molecule has 0 aliphatic heterocycles. The second-order valence-electron chi connectivity index (χ2n) is 4.00. The standard InChI is InChI=1S/C11H9F8NO/c12-6-3-5(1-2-20)4-7(13)8(6)21-11(18,19)9(14)10(15,16)17/h3-4,9H,1-2,20H2. The average Bonchev–Trinajstić information content (AvgIpc) is 2.32. The fourth-order valence-electron chi connectivity index (χ4n) is 1.40. The van der Waals surface area contributed by atoms with Crippen LogP contribution in [0.2, 0.25) is 0 Å². The van der Waals surface area contributed by atoms with Crippen LogP contribution in [0.5, 0.6) is 5.75 Å². The Morgan fingerprint density at radius 1 is 1.05 bits per heavy atom. The molecule has 1 atom stereocenters. The van der Waals surface area contributed by atoms with Gasteiger partial charge in [0.15, 0.2) is 17.4 Å². The number of hydrogen-bond acceptors (Lipinski definition) is 2. The lowest BCUT2D eigenvalue weighted by atomic mass is 10.1. The number of alkyl halides is 6.